The minimum atomic E-state index is -4.04. The second kappa shape index (κ2) is 9.11. The molecule has 0 bridgehead atoms. The van der Waals surface area contributed by atoms with Crippen LogP contribution in [0.15, 0.2) is 65.3 Å². The summed E-state index contributed by atoms with van der Waals surface area (Å²) in [6.07, 6.45) is 1.54. The number of fused-ring (bicyclic) bond motifs is 1. The molecule has 4 rings (SSSR count). The number of allylic oxidation sites excluding steroid dienone is 1. The van der Waals surface area contributed by atoms with Gasteiger partial charge < -0.3 is 23.1 Å². The van der Waals surface area contributed by atoms with Crippen LogP contribution < -0.4 is 23.1 Å². The van der Waals surface area contributed by atoms with Crippen molar-refractivity contribution in [2.45, 2.75) is 11.8 Å². The minimum absolute atomic E-state index is 0.0265. The van der Waals surface area contributed by atoms with E-state index in [0.717, 1.165) is 5.56 Å². The maximum Gasteiger partial charge on any atom is 0.339 e. The first-order valence-electron chi connectivity index (χ1n) is 10.1. The van der Waals surface area contributed by atoms with Crippen LogP contribution in [0.2, 0.25) is 0 Å². The number of hydrogen-bond donors (Lipinski definition) is 0. The lowest BCUT2D eigenvalue weighted by molar-refractivity contribution is 0.101. The monoisotopic (exact) mass is 482 g/mol. The average molecular weight is 483 g/mol. The van der Waals surface area contributed by atoms with E-state index in [-0.39, 0.29) is 27.9 Å². The Morgan fingerprint density at radius 2 is 1.50 bits per heavy atom. The summed E-state index contributed by atoms with van der Waals surface area (Å²) in [6.45, 7) is 1.86. The summed E-state index contributed by atoms with van der Waals surface area (Å²) in [5.74, 6) is 1.20. The fourth-order valence-corrected chi connectivity index (χ4v) is 4.36. The lowest BCUT2D eigenvalue weighted by Crippen LogP contribution is -2.09. The van der Waals surface area contributed by atoms with Crippen LogP contribution >= 0.6 is 0 Å². The van der Waals surface area contributed by atoms with Crippen molar-refractivity contribution in [1.82, 2.24) is 0 Å². The molecule has 176 valence electrons. The van der Waals surface area contributed by atoms with Crippen molar-refractivity contribution in [3.05, 3.63) is 77.0 Å². The Kier molecular flexibility index (Phi) is 6.21. The Hall–Kier alpha value is -3.98. The Morgan fingerprint density at radius 3 is 2.09 bits per heavy atom. The topological polar surface area (TPSA) is 97.4 Å². The SMILES string of the molecule is COc1cc(/C=C2/Oc3cc(OS(=O)(=O)c4ccc(C)cc4)ccc3C2=O)cc(OC)c1OC. The molecule has 0 saturated carbocycles. The zero-order chi connectivity index (χ0) is 24.5. The number of benzene rings is 3. The lowest BCUT2D eigenvalue weighted by atomic mass is 10.1. The fourth-order valence-electron chi connectivity index (χ4n) is 3.43. The van der Waals surface area contributed by atoms with E-state index in [4.69, 9.17) is 23.1 Å². The number of carbonyl (C=O) groups excluding carboxylic acids is 1. The van der Waals surface area contributed by atoms with Gasteiger partial charge in [-0.25, -0.2) is 0 Å². The number of methoxy groups -OCH3 is 3. The van der Waals surface area contributed by atoms with Crippen molar-refractivity contribution in [2.75, 3.05) is 21.3 Å². The van der Waals surface area contributed by atoms with E-state index >= 15 is 0 Å². The highest BCUT2D eigenvalue weighted by Gasteiger charge is 2.29. The van der Waals surface area contributed by atoms with Gasteiger partial charge in [0.2, 0.25) is 11.5 Å². The maximum absolute atomic E-state index is 12.8. The van der Waals surface area contributed by atoms with Crippen LogP contribution in [0.3, 0.4) is 0 Å². The molecule has 0 aromatic heterocycles. The molecule has 0 aliphatic carbocycles. The molecular weight excluding hydrogens is 460 g/mol. The number of rotatable bonds is 7. The summed E-state index contributed by atoms with van der Waals surface area (Å²) in [5, 5.41) is 0. The number of ketones is 1. The van der Waals surface area contributed by atoms with Gasteiger partial charge in [0.1, 0.15) is 16.4 Å². The summed E-state index contributed by atoms with van der Waals surface area (Å²) in [4.78, 5) is 12.9. The van der Waals surface area contributed by atoms with Crippen molar-refractivity contribution in [3.8, 4) is 28.7 Å². The van der Waals surface area contributed by atoms with Gasteiger partial charge in [-0.1, -0.05) is 17.7 Å². The molecule has 0 amide bonds. The molecule has 34 heavy (non-hydrogen) atoms. The Balaban J connectivity index is 1.62. The molecule has 0 unspecified atom stereocenters. The Morgan fingerprint density at radius 1 is 0.853 bits per heavy atom. The number of Topliss-reactive ketones (excluding diaryl/α,β-unsaturated/α-hetero) is 1. The highest BCUT2D eigenvalue weighted by Crippen LogP contribution is 2.40. The van der Waals surface area contributed by atoms with Crippen LogP contribution in [0.5, 0.6) is 28.7 Å². The largest absolute Gasteiger partial charge is 0.493 e. The van der Waals surface area contributed by atoms with Gasteiger partial charge in [-0.2, -0.15) is 8.42 Å². The lowest BCUT2D eigenvalue weighted by Gasteiger charge is -2.13. The average Bonchev–Trinajstić information content (AvgIpc) is 3.12. The van der Waals surface area contributed by atoms with Crippen molar-refractivity contribution in [1.29, 1.82) is 0 Å². The molecule has 0 N–H and O–H groups in total. The molecule has 1 heterocycles. The predicted molar refractivity (Wildman–Crippen MR) is 124 cm³/mol. The molecule has 1 aliphatic rings. The molecule has 3 aromatic rings. The second-order valence-electron chi connectivity index (χ2n) is 7.41. The third-order valence-corrected chi connectivity index (χ3v) is 6.40. The quantitative estimate of drug-likeness (QED) is 0.361. The smallest absolute Gasteiger partial charge is 0.339 e. The maximum atomic E-state index is 12.8. The van der Waals surface area contributed by atoms with Gasteiger partial charge in [-0.05, 0) is 55.0 Å². The molecule has 0 atom stereocenters. The molecule has 0 fully saturated rings. The molecule has 0 saturated heterocycles. The van der Waals surface area contributed by atoms with E-state index in [0.29, 0.717) is 28.4 Å². The predicted octanol–water partition coefficient (Wildman–Crippen LogP) is 4.40. The fraction of sp³-hybridized carbons (Fsp3) is 0.160. The van der Waals surface area contributed by atoms with Crippen molar-refractivity contribution < 1.29 is 36.3 Å². The van der Waals surface area contributed by atoms with E-state index in [9.17, 15) is 13.2 Å². The normalized spacial score (nSPS) is 13.9. The first kappa shape index (κ1) is 23.2. The number of aryl methyl sites for hydroxylation is 1. The van der Waals surface area contributed by atoms with Gasteiger partial charge in [0.15, 0.2) is 17.3 Å². The molecule has 0 radical (unpaired) electrons. The Bertz CT molecular complexity index is 1360. The third-order valence-electron chi connectivity index (χ3n) is 5.14. The molecule has 9 heteroatoms. The summed E-state index contributed by atoms with van der Waals surface area (Å²) in [6, 6.07) is 13.9. The minimum Gasteiger partial charge on any atom is -0.493 e. The van der Waals surface area contributed by atoms with Gasteiger partial charge in [0.05, 0.1) is 26.9 Å². The van der Waals surface area contributed by atoms with Crippen molar-refractivity contribution in [3.63, 3.8) is 0 Å². The summed E-state index contributed by atoms with van der Waals surface area (Å²) < 4.78 is 52.1. The van der Waals surface area contributed by atoms with Gasteiger partial charge in [-0.3, -0.25) is 4.79 Å². The highest BCUT2D eigenvalue weighted by molar-refractivity contribution is 7.87. The van der Waals surface area contributed by atoms with E-state index in [1.807, 2.05) is 6.92 Å². The number of hydrogen-bond acceptors (Lipinski definition) is 8. The second-order valence-corrected chi connectivity index (χ2v) is 8.95. The van der Waals surface area contributed by atoms with E-state index in [2.05, 4.69) is 0 Å². The van der Waals surface area contributed by atoms with Gasteiger partial charge in [-0.15, -0.1) is 0 Å². The first-order chi connectivity index (χ1) is 16.2. The zero-order valence-electron chi connectivity index (χ0n) is 18.9. The molecule has 8 nitrogen and oxygen atoms in total. The van der Waals surface area contributed by atoms with Crippen LogP contribution in [-0.2, 0) is 10.1 Å². The van der Waals surface area contributed by atoms with Crippen LogP contribution in [0.1, 0.15) is 21.5 Å². The molecule has 0 spiro atoms. The standard InChI is InChI=1S/C25H22O8S/c1-15-5-8-18(9-6-15)34(27,28)33-17-7-10-19-20(14-17)32-21(24(19)26)11-16-12-22(29-2)25(31-4)23(13-16)30-3/h5-14H,1-4H3/b21-11+. The summed E-state index contributed by atoms with van der Waals surface area (Å²) in [7, 11) is 0.445. The van der Waals surface area contributed by atoms with Crippen molar-refractivity contribution in [2.24, 2.45) is 0 Å². The van der Waals surface area contributed by atoms with E-state index in [1.54, 1.807) is 24.3 Å². The number of ether oxygens (including phenoxy) is 4. The number of carbonyl (C=O) groups is 1. The zero-order valence-corrected chi connectivity index (χ0v) is 19.8. The summed E-state index contributed by atoms with van der Waals surface area (Å²) >= 11 is 0. The molecular formula is C25H22O8S. The first-order valence-corrected chi connectivity index (χ1v) is 11.6. The van der Waals surface area contributed by atoms with Crippen LogP contribution in [0.4, 0.5) is 0 Å². The van der Waals surface area contributed by atoms with Gasteiger partial charge >= 0.3 is 10.1 Å². The summed E-state index contributed by atoms with van der Waals surface area (Å²) in [5.41, 5.74) is 1.80. The molecule has 1 aliphatic heterocycles. The van der Waals surface area contributed by atoms with E-state index in [1.165, 1.54) is 57.7 Å². The van der Waals surface area contributed by atoms with Crippen LogP contribution in [0.25, 0.3) is 6.08 Å². The van der Waals surface area contributed by atoms with E-state index < -0.39 is 10.1 Å². The highest BCUT2D eigenvalue weighted by atomic mass is 32.2. The van der Waals surface area contributed by atoms with Crippen LogP contribution in [-0.4, -0.2) is 35.5 Å². The van der Waals surface area contributed by atoms with Crippen LogP contribution in [0, 0.1) is 6.92 Å². The Labute approximate surface area is 197 Å². The van der Waals surface area contributed by atoms with Crippen molar-refractivity contribution >= 4 is 22.0 Å². The third kappa shape index (κ3) is 4.42. The van der Waals surface area contributed by atoms with Gasteiger partial charge in [0.25, 0.3) is 0 Å². The van der Waals surface area contributed by atoms with Gasteiger partial charge in [0, 0.05) is 6.07 Å². The molecule has 3 aromatic carbocycles.